The number of rotatable bonds is 21. The molecule has 240 valence electrons. The Morgan fingerprint density at radius 2 is 1.05 bits per heavy atom. The van der Waals surface area contributed by atoms with Gasteiger partial charge in [-0.3, -0.25) is 14.4 Å². The van der Waals surface area contributed by atoms with E-state index in [1.807, 2.05) is 0 Å². The largest absolute Gasteiger partial charge is 0.456 e. The van der Waals surface area contributed by atoms with Crippen molar-refractivity contribution in [3.05, 3.63) is 0 Å². The average molecular weight is 585 g/mol. The predicted molar refractivity (Wildman–Crippen MR) is 160 cm³/mol. The van der Waals surface area contributed by atoms with Crippen molar-refractivity contribution in [1.82, 2.24) is 0 Å². The lowest BCUT2D eigenvalue weighted by molar-refractivity contribution is -0.281. The normalized spacial score (nSPS) is 23.0. The molecular formula is C33H60O8. The number of hydrogen-bond acceptors (Lipinski definition) is 8. The van der Waals surface area contributed by atoms with Crippen LogP contribution in [0.1, 0.15) is 132 Å². The molecule has 1 aliphatic rings. The molecule has 8 nitrogen and oxygen atoms in total. The summed E-state index contributed by atoms with van der Waals surface area (Å²) in [6.45, 7) is 15.9. The molecule has 41 heavy (non-hydrogen) atoms. The van der Waals surface area contributed by atoms with Crippen molar-refractivity contribution in [2.45, 2.75) is 157 Å². The third-order valence-electron chi connectivity index (χ3n) is 7.94. The first kappa shape index (κ1) is 37.4. The fraction of sp³-hybridized carbons (Fsp3) is 0.909. The molecule has 3 unspecified atom stereocenters. The molecule has 0 radical (unpaired) electrons. The number of carbonyl (C=O) groups excluding carboxylic acids is 3. The van der Waals surface area contributed by atoms with E-state index in [-0.39, 0.29) is 6.61 Å². The van der Waals surface area contributed by atoms with Crippen LogP contribution in [0.15, 0.2) is 0 Å². The molecule has 1 saturated heterocycles. The van der Waals surface area contributed by atoms with Crippen molar-refractivity contribution < 1.29 is 38.1 Å². The molecule has 1 fully saturated rings. The Hall–Kier alpha value is -1.67. The molecule has 0 aromatic heterocycles. The topological polar surface area (TPSA) is 97.4 Å². The van der Waals surface area contributed by atoms with Crippen molar-refractivity contribution in [3.63, 3.8) is 0 Å². The third kappa shape index (κ3) is 17.8. The molecule has 1 heterocycles. The minimum Gasteiger partial charge on any atom is -0.456 e. The fourth-order valence-corrected chi connectivity index (χ4v) is 5.58. The molecule has 0 saturated carbocycles. The Labute approximate surface area is 249 Å². The van der Waals surface area contributed by atoms with Crippen LogP contribution in [0.4, 0.5) is 0 Å². The highest BCUT2D eigenvalue weighted by atomic mass is 16.7. The fourth-order valence-electron chi connectivity index (χ4n) is 5.58. The summed E-state index contributed by atoms with van der Waals surface area (Å²) >= 11 is 0. The molecule has 1 rings (SSSR count). The van der Waals surface area contributed by atoms with Crippen molar-refractivity contribution >= 4 is 17.9 Å². The van der Waals surface area contributed by atoms with Gasteiger partial charge in [-0.1, -0.05) is 105 Å². The molecule has 7 atom stereocenters. The van der Waals surface area contributed by atoms with Crippen molar-refractivity contribution in [2.24, 2.45) is 23.7 Å². The van der Waals surface area contributed by atoms with E-state index in [0.717, 1.165) is 37.0 Å². The number of hydrogen-bond donors (Lipinski definition) is 0. The van der Waals surface area contributed by atoms with Crippen LogP contribution in [0.25, 0.3) is 0 Å². The molecule has 0 bridgehead atoms. The zero-order valence-corrected chi connectivity index (χ0v) is 27.3. The lowest BCUT2D eigenvalue weighted by Crippen LogP contribution is -2.58. The van der Waals surface area contributed by atoms with Crippen LogP contribution in [0.5, 0.6) is 0 Å². The minimum absolute atomic E-state index is 0.0211. The van der Waals surface area contributed by atoms with Gasteiger partial charge in [-0.05, 0) is 30.1 Å². The maximum absolute atomic E-state index is 11.7. The molecule has 0 amide bonds. The monoisotopic (exact) mass is 584 g/mol. The Morgan fingerprint density at radius 1 is 0.610 bits per heavy atom. The molecule has 0 aromatic carbocycles. The van der Waals surface area contributed by atoms with Crippen LogP contribution in [-0.4, -0.2) is 55.7 Å². The smallest absolute Gasteiger partial charge is 0.303 e. The number of ether oxygens (including phenoxy) is 5. The zero-order chi connectivity index (χ0) is 30.8. The van der Waals surface area contributed by atoms with Gasteiger partial charge < -0.3 is 23.7 Å². The van der Waals surface area contributed by atoms with E-state index in [2.05, 4.69) is 34.6 Å². The Kier molecular flexibility index (Phi) is 19.2. The molecule has 0 spiro atoms. The second-order valence-corrected chi connectivity index (χ2v) is 12.9. The van der Waals surface area contributed by atoms with Crippen LogP contribution in [-0.2, 0) is 38.1 Å². The van der Waals surface area contributed by atoms with E-state index in [4.69, 9.17) is 23.7 Å². The molecule has 8 heteroatoms. The third-order valence-corrected chi connectivity index (χ3v) is 7.94. The van der Waals surface area contributed by atoms with E-state index in [0.29, 0.717) is 12.5 Å². The minimum atomic E-state index is -1.02. The SMILES string of the molecule is CC(=O)O[C@@H]1[C@@H](OC(C)=O)[C@H](OCCCCC(C)CCCC(C)CCCC(C)CCCC(C)C)OC[C@H]1OC(C)=O. The van der Waals surface area contributed by atoms with E-state index < -0.39 is 42.5 Å². The van der Waals surface area contributed by atoms with Crippen LogP contribution >= 0.6 is 0 Å². The first-order valence-electron chi connectivity index (χ1n) is 16.1. The molecular weight excluding hydrogens is 524 g/mol. The van der Waals surface area contributed by atoms with E-state index in [9.17, 15) is 14.4 Å². The van der Waals surface area contributed by atoms with Gasteiger partial charge in [0.15, 0.2) is 24.6 Å². The zero-order valence-electron chi connectivity index (χ0n) is 27.3. The second kappa shape index (κ2) is 21.1. The second-order valence-electron chi connectivity index (χ2n) is 12.9. The highest BCUT2D eigenvalue weighted by Crippen LogP contribution is 2.26. The first-order valence-corrected chi connectivity index (χ1v) is 16.1. The van der Waals surface area contributed by atoms with Crippen LogP contribution in [0.2, 0.25) is 0 Å². The number of carbonyl (C=O) groups is 3. The quantitative estimate of drug-likeness (QED) is 0.0782. The Bertz CT molecular complexity index is 739. The van der Waals surface area contributed by atoms with Gasteiger partial charge in [0.25, 0.3) is 0 Å². The van der Waals surface area contributed by atoms with Gasteiger partial charge >= 0.3 is 17.9 Å². The summed E-state index contributed by atoms with van der Waals surface area (Å²) in [5.74, 6) is 1.46. The molecule has 0 aromatic rings. The lowest BCUT2D eigenvalue weighted by atomic mass is 9.90. The van der Waals surface area contributed by atoms with Gasteiger partial charge in [0.1, 0.15) is 0 Å². The number of unbranched alkanes of at least 4 members (excludes halogenated alkanes) is 1. The summed E-state index contributed by atoms with van der Waals surface area (Å²) in [6.07, 6.45) is 11.2. The van der Waals surface area contributed by atoms with E-state index in [1.165, 1.54) is 78.6 Å². The lowest BCUT2D eigenvalue weighted by Gasteiger charge is -2.40. The predicted octanol–water partition coefficient (Wildman–Crippen LogP) is 7.40. The van der Waals surface area contributed by atoms with Crippen LogP contribution in [0.3, 0.4) is 0 Å². The van der Waals surface area contributed by atoms with Crippen molar-refractivity contribution in [3.8, 4) is 0 Å². The van der Waals surface area contributed by atoms with Gasteiger partial charge in [-0.25, -0.2) is 0 Å². The summed E-state index contributed by atoms with van der Waals surface area (Å²) in [5, 5.41) is 0. The molecule has 0 aliphatic carbocycles. The summed E-state index contributed by atoms with van der Waals surface area (Å²) in [7, 11) is 0. The van der Waals surface area contributed by atoms with E-state index in [1.54, 1.807) is 0 Å². The highest BCUT2D eigenvalue weighted by Gasteiger charge is 2.47. The standard InChI is InChI=1S/C33H60O8/c1-23(2)14-11-16-25(4)18-13-20-26(5)19-12-17-24(3)15-9-10-21-37-33-32(41-29(8)36)31(40-28(7)35)30(22-38-33)39-27(6)34/h23-26,30-33H,9-22H2,1-8H3/t24?,25?,26?,30-,31+,32-,33-/m1/s1. The summed E-state index contributed by atoms with van der Waals surface area (Å²) in [6, 6.07) is 0. The van der Waals surface area contributed by atoms with Crippen LogP contribution in [0, 0.1) is 23.7 Å². The molecule has 1 aliphatic heterocycles. The molecule has 0 N–H and O–H groups in total. The maximum atomic E-state index is 11.7. The Morgan fingerprint density at radius 3 is 1.51 bits per heavy atom. The summed E-state index contributed by atoms with van der Waals surface area (Å²) in [5.41, 5.74) is 0. The van der Waals surface area contributed by atoms with Gasteiger partial charge in [0, 0.05) is 27.4 Å². The van der Waals surface area contributed by atoms with Crippen LogP contribution < -0.4 is 0 Å². The maximum Gasteiger partial charge on any atom is 0.303 e. The van der Waals surface area contributed by atoms with E-state index >= 15 is 0 Å². The highest BCUT2D eigenvalue weighted by molar-refractivity contribution is 5.68. The summed E-state index contributed by atoms with van der Waals surface area (Å²) < 4.78 is 27.6. The van der Waals surface area contributed by atoms with Crippen molar-refractivity contribution in [1.29, 1.82) is 0 Å². The van der Waals surface area contributed by atoms with Gasteiger partial charge in [0.2, 0.25) is 0 Å². The average Bonchev–Trinajstić information content (AvgIpc) is 2.85. The van der Waals surface area contributed by atoms with Gasteiger partial charge in [0.05, 0.1) is 6.61 Å². The Balaban J connectivity index is 2.29. The van der Waals surface area contributed by atoms with Gasteiger partial charge in [-0.15, -0.1) is 0 Å². The van der Waals surface area contributed by atoms with Gasteiger partial charge in [-0.2, -0.15) is 0 Å². The summed E-state index contributed by atoms with van der Waals surface area (Å²) in [4.78, 5) is 34.9. The van der Waals surface area contributed by atoms with Crippen molar-refractivity contribution in [2.75, 3.05) is 13.2 Å². The first-order chi connectivity index (χ1) is 19.4. The number of esters is 3.